The summed E-state index contributed by atoms with van der Waals surface area (Å²) < 4.78 is 55.2. The smallest absolute Gasteiger partial charge is 0.265 e. The molecule has 156 valence electrons. The van der Waals surface area contributed by atoms with Gasteiger partial charge in [-0.1, -0.05) is 24.5 Å². The lowest BCUT2D eigenvalue weighted by molar-refractivity contribution is 0.306. The highest BCUT2D eigenvalue weighted by molar-refractivity contribution is 7.96. The number of methoxy groups -OCH3 is 1. The van der Waals surface area contributed by atoms with Gasteiger partial charge in [0, 0.05) is 5.69 Å². The number of sulfonamides is 1. The summed E-state index contributed by atoms with van der Waals surface area (Å²) in [5, 5.41) is 9.52. The van der Waals surface area contributed by atoms with Crippen LogP contribution < -0.4 is 9.44 Å². The first-order chi connectivity index (χ1) is 13.5. The molecule has 12 heteroatoms. The lowest BCUT2D eigenvalue weighted by Gasteiger charge is -2.13. The van der Waals surface area contributed by atoms with Crippen molar-refractivity contribution in [2.45, 2.75) is 6.92 Å². The van der Waals surface area contributed by atoms with Gasteiger partial charge in [0.15, 0.2) is 5.13 Å². The van der Waals surface area contributed by atoms with Crippen LogP contribution in [0.15, 0.2) is 54.2 Å². The molecule has 1 aromatic carbocycles. The summed E-state index contributed by atoms with van der Waals surface area (Å²) in [6.07, 6.45) is 1.27. The van der Waals surface area contributed by atoms with Crippen molar-refractivity contribution in [3.05, 3.63) is 64.7 Å². The molecule has 0 bridgehead atoms. The highest BCUT2D eigenvalue weighted by Crippen LogP contribution is 2.32. The Balaban J connectivity index is 2.40. The van der Waals surface area contributed by atoms with E-state index in [4.69, 9.17) is 9.29 Å². The van der Waals surface area contributed by atoms with Crippen LogP contribution in [0.4, 0.5) is 10.8 Å². The van der Waals surface area contributed by atoms with E-state index in [-0.39, 0.29) is 27.2 Å². The number of aromatic nitrogens is 1. The molecule has 2 aromatic rings. The second kappa shape index (κ2) is 9.22. The fourth-order valence-electron chi connectivity index (χ4n) is 2.18. The van der Waals surface area contributed by atoms with Gasteiger partial charge in [-0.3, -0.25) is 14.0 Å². The molecule has 0 saturated heterocycles. The first-order valence-corrected chi connectivity index (χ1v) is 11.2. The molecular formula is C17H19N3O6S3. The van der Waals surface area contributed by atoms with Crippen LogP contribution in [0.2, 0.25) is 0 Å². The first-order valence-electron chi connectivity index (χ1n) is 7.84. The average Bonchev–Trinajstić information content (AvgIpc) is 3.00. The van der Waals surface area contributed by atoms with Gasteiger partial charge in [-0.25, -0.2) is 17.6 Å². The molecule has 2 rings (SSSR count). The molecule has 0 spiro atoms. The fourth-order valence-corrected chi connectivity index (χ4v) is 4.76. The largest absolute Gasteiger partial charge is 0.508 e. The van der Waals surface area contributed by atoms with Crippen LogP contribution in [0.3, 0.4) is 0 Å². The number of thiazole rings is 1. The summed E-state index contributed by atoms with van der Waals surface area (Å²) in [6.45, 7) is 9.15. The first kappa shape index (κ1) is 22.6. The summed E-state index contributed by atoms with van der Waals surface area (Å²) in [7, 11) is -2.82. The number of hydrogen-bond donors (Lipinski definition) is 4. The maximum Gasteiger partial charge on any atom is 0.265 e. The molecule has 0 amide bonds. The normalized spacial score (nSPS) is 12.9. The summed E-state index contributed by atoms with van der Waals surface area (Å²) in [5.41, 5.74) is 1.02. The molecule has 29 heavy (non-hydrogen) atoms. The van der Waals surface area contributed by atoms with E-state index >= 15 is 0 Å². The number of phenols is 1. The molecule has 1 unspecified atom stereocenters. The fraction of sp³-hybridized carbons (Fsp3) is 0.118. The SMILES string of the molecule is C=C(OC)/C(=C\C(=C)c1sc(NS(=O)O)nc1C)S(=O)(=O)Nc1ccc(O)cc1. The van der Waals surface area contributed by atoms with Crippen molar-refractivity contribution in [2.75, 3.05) is 16.6 Å². The van der Waals surface area contributed by atoms with Gasteiger partial charge in [-0.15, -0.1) is 0 Å². The van der Waals surface area contributed by atoms with Crippen molar-refractivity contribution in [3.8, 4) is 5.75 Å². The minimum atomic E-state index is -4.10. The zero-order chi connectivity index (χ0) is 21.8. The topological polar surface area (TPSA) is 138 Å². The van der Waals surface area contributed by atoms with E-state index in [0.29, 0.717) is 16.1 Å². The number of allylic oxidation sites excluding steroid dienone is 2. The van der Waals surface area contributed by atoms with Gasteiger partial charge in [-0.2, -0.15) is 0 Å². The van der Waals surface area contributed by atoms with E-state index in [1.807, 2.05) is 0 Å². The van der Waals surface area contributed by atoms with Crippen molar-refractivity contribution in [1.82, 2.24) is 4.98 Å². The molecule has 1 aromatic heterocycles. The van der Waals surface area contributed by atoms with Gasteiger partial charge >= 0.3 is 0 Å². The Morgan fingerprint density at radius 3 is 2.48 bits per heavy atom. The molecule has 1 atom stereocenters. The average molecular weight is 458 g/mol. The number of anilines is 2. The molecular weight excluding hydrogens is 438 g/mol. The van der Waals surface area contributed by atoms with E-state index in [1.54, 1.807) is 6.92 Å². The summed E-state index contributed by atoms with van der Waals surface area (Å²) >= 11 is -1.25. The Hall–Kier alpha value is -2.67. The number of nitrogens with zero attached hydrogens (tertiary/aromatic N) is 1. The van der Waals surface area contributed by atoms with Gasteiger partial charge < -0.3 is 9.84 Å². The Kier molecular flexibility index (Phi) is 7.19. The lowest BCUT2D eigenvalue weighted by Crippen LogP contribution is -2.17. The molecule has 0 radical (unpaired) electrons. The third-order valence-corrected chi connectivity index (χ3v) is 6.57. The molecule has 0 aliphatic rings. The van der Waals surface area contributed by atoms with Crippen molar-refractivity contribution in [3.63, 3.8) is 0 Å². The van der Waals surface area contributed by atoms with Crippen LogP contribution in [0.25, 0.3) is 5.57 Å². The zero-order valence-electron chi connectivity index (χ0n) is 15.5. The quantitative estimate of drug-likeness (QED) is 0.196. The van der Waals surface area contributed by atoms with Crippen LogP contribution >= 0.6 is 11.3 Å². The van der Waals surface area contributed by atoms with E-state index in [9.17, 15) is 17.7 Å². The van der Waals surface area contributed by atoms with Gasteiger partial charge in [0.2, 0.25) is 0 Å². The van der Waals surface area contributed by atoms with Gasteiger partial charge in [0.1, 0.15) is 16.4 Å². The zero-order valence-corrected chi connectivity index (χ0v) is 17.9. The Labute approximate surface area is 174 Å². The molecule has 4 N–H and O–H groups in total. The lowest BCUT2D eigenvalue weighted by atomic mass is 10.2. The number of benzene rings is 1. The van der Waals surface area contributed by atoms with Gasteiger partial charge in [0.25, 0.3) is 21.3 Å². The highest BCUT2D eigenvalue weighted by Gasteiger charge is 2.23. The third kappa shape index (κ3) is 5.90. The van der Waals surface area contributed by atoms with Crippen LogP contribution in [-0.4, -0.2) is 34.4 Å². The number of hydrogen-bond acceptors (Lipinski definition) is 7. The molecule has 9 nitrogen and oxygen atoms in total. The van der Waals surface area contributed by atoms with Crippen LogP contribution in [0.5, 0.6) is 5.75 Å². The Bertz CT molecular complexity index is 1090. The van der Waals surface area contributed by atoms with Crippen LogP contribution in [-0.2, 0) is 26.0 Å². The number of nitrogens with one attached hydrogen (secondary N) is 2. The second-order valence-corrected chi connectivity index (χ2v) is 8.95. The molecule has 0 aliphatic carbocycles. The Morgan fingerprint density at radius 1 is 1.31 bits per heavy atom. The molecule has 0 fully saturated rings. The number of ether oxygens (including phenoxy) is 1. The van der Waals surface area contributed by atoms with Crippen molar-refractivity contribution in [2.24, 2.45) is 0 Å². The minimum Gasteiger partial charge on any atom is -0.508 e. The molecule has 0 aliphatic heterocycles. The van der Waals surface area contributed by atoms with Crippen molar-refractivity contribution < 1.29 is 27.0 Å². The van der Waals surface area contributed by atoms with E-state index in [0.717, 1.165) is 11.3 Å². The third-order valence-electron chi connectivity index (χ3n) is 3.50. The van der Waals surface area contributed by atoms with E-state index in [1.165, 1.54) is 37.5 Å². The molecule has 0 saturated carbocycles. The second-order valence-electron chi connectivity index (χ2n) is 5.60. The number of aromatic hydroxyl groups is 1. The number of phenolic OH excluding ortho intramolecular Hbond substituents is 1. The highest BCUT2D eigenvalue weighted by atomic mass is 32.2. The Morgan fingerprint density at radius 2 is 1.93 bits per heavy atom. The summed E-state index contributed by atoms with van der Waals surface area (Å²) in [4.78, 5) is 4.36. The minimum absolute atomic E-state index is 0.00714. The monoisotopic (exact) mass is 457 g/mol. The van der Waals surface area contributed by atoms with Gasteiger partial charge in [-0.05, 0) is 42.8 Å². The van der Waals surface area contributed by atoms with Crippen molar-refractivity contribution >= 4 is 49.0 Å². The van der Waals surface area contributed by atoms with Crippen LogP contribution in [0.1, 0.15) is 10.6 Å². The number of rotatable bonds is 9. The van der Waals surface area contributed by atoms with E-state index in [2.05, 4.69) is 27.6 Å². The predicted octanol–water partition coefficient (Wildman–Crippen LogP) is 3.20. The van der Waals surface area contributed by atoms with E-state index < -0.39 is 21.3 Å². The van der Waals surface area contributed by atoms with Gasteiger partial charge in [0.05, 0.1) is 17.7 Å². The standard InChI is InChI=1S/C17H19N3O6S3/c1-10(16-11(2)18-17(27-16)19-28(22)23)9-15(12(3)26-4)29(24,25)20-13-5-7-14(21)8-6-13/h5-9,20-21H,1,3H2,2,4H3,(H,18,19)(H,22,23)/b15-9+. The maximum absolute atomic E-state index is 12.9. The summed E-state index contributed by atoms with van der Waals surface area (Å²) in [5.74, 6) is -0.123. The summed E-state index contributed by atoms with van der Waals surface area (Å²) in [6, 6.07) is 5.47. The predicted molar refractivity (Wildman–Crippen MR) is 115 cm³/mol. The van der Waals surface area contributed by atoms with Crippen molar-refractivity contribution in [1.29, 1.82) is 0 Å². The van der Waals surface area contributed by atoms with Crippen LogP contribution in [0, 0.1) is 6.92 Å². The molecule has 1 heterocycles. The maximum atomic E-state index is 12.9. The number of aryl methyl sites for hydroxylation is 1.